The predicted molar refractivity (Wildman–Crippen MR) is 82.7 cm³/mol. The zero-order chi connectivity index (χ0) is 16.1. The molecule has 1 fully saturated rings. The molecule has 0 aliphatic carbocycles. The van der Waals surface area contributed by atoms with Crippen LogP contribution < -0.4 is 4.90 Å². The van der Waals surface area contributed by atoms with E-state index in [-0.39, 0.29) is 17.7 Å². The Kier molecular flexibility index (Phi) is 5.16. The van der Waals surface area contributed by atoms with Gasteiger partial charge >= 0.3 is 5.97 Å². The number of piperidine rings is 1. The van der Waals surface area contributed by atoms with Gasteiger partial charge in [-0.2, -0.15) is 5.26 Å². The first-order chi connectivity index (χ1) is 10.6. The van der Waals surface area contributed by atoms with Gasteiger partial charge < -0.3 is 9.64 Å². The highest BCUT2D eigenvalue weighted by Gasteiger charge is 2.28. The first-order valence-electron chi connectivity index (χ1n) is 7.53. The summed E-state index contributed by atoms with van der Waals surface area (Å²) in [6.45, 7) is 4.96. The standard InChI is InChI=1S/C17H20N2O3/c1-3-22-17(21)15-5-4-8-19(11-15)16-9-13(12(2)20)6-7-14(16)10-18/h6-7,9,15H,3-5,8,11H2,1-2H3/t15-/m0/s1. The van der Waals surface area contributed by atoms with Gasteiger partial charge in [-0.05, 0) is 44.9 Å². The smallest absolute Gasteiger partial charge is 0.310 e. The first kappa shape index (κ1) is 16.0. The molecule has 5 nitrogen and oxygen atoms in total. The molecule has 116 valence electrons. The first-order valence-corrected chi connectivity index (χ1v) is 7.53. The Hall–Kier alpha value is -2.35. The molecule has 0 radical (unpaired) electrons. The number of esters is 1. The molecule has 0 N–H and O–H groups in total. The second-order valence-electron chi connectivity index (χ2n) is 5.44. The lowest BCUT2D eigenvalue weighted by Crippen LogP contribution is -2.39. The summed E-state index contributed by atoms with van der Waals surface area (Å²) in [5.74, 6) is -0.403. The van der Waals surface area contributed by atoms with E-state index in [0.717, 1.165) is 25.1 Å². The van der Waals surface area contributed by atoms with Crippen LogP contribution in [-0.2, 0) is 9.53 Å². The lowest BCUT2D eigenvalue weighted by Gasteiger charge is -2.33. The molecule has 5 heteroatoms. The highest BCUT2D eigenvalue weighted by Crippen LogP contribution is 2.28. The number of hydrogen-bond acceptors (Lipinski definition) is 5. The molecule has 0 amide bonds. The Balaban J connectivity index is 2.26. The maximum Gasteiger partial charge on any atom is 0.310 e. The maximum absolute atomic E-state index is 11.9. The molecular weight excluding hydrogens is 280 g/mol. The van der Waals surface area contributed by atoms with Crippen molar-refractivity contribution < 1.29 is 14.3 Å². The third-order valence-electron chi connectivity index (χ3n) is 3.91. The Morgan fingerprint density at radius 2 is 2.23 bits per heavy atom. The number of benzene rings is 1. The van der Waals surface area contributed by atoms with Crippen LogP contribution in [-0.4, -0.2) is 31.4 Å². The number of ether oxygens (including phenoxy) is 1. The fourth-order valence-electron chi connectivity index (χ4n) is 2.76. The third-order valence-corrected chi connectivity index (χ3v) is 3.91. The third kappa shape index (κ3) is 3.45. The average Bonchev–Trinajstić information content (AvgIpc) is 2.54. The van der Waals surface area contributed by atoms with Crippen LogP contribution in [0, 0.1) is 17.2 Å². The number of Topliss-reactive ketones (excluding diaryl/α,β-unsaturated/α-hetero) is 1. The van der Waals surface area contributed by atoms with Crippen molar-refractivity contribution in [2.45, 2.75) is 26.7 Å². The van der Waals surface area contributed by atoms with Gasteiger partial charge in [0, 0.05) is 18.7 Å². The molecule has 1 heterocycles. The number of nitriles is 1. The number of carbonyl (C=O) groups excluding carboxylic acids is 2. The maximum atomic E-state index is 11.9. The van der Waals surface area contributed by atoms with E-state index in [4.69, 9.17) is 4.74 Å². The van der Waals surface area contributed by atoms with Crippen molar-refractivity contribution in [3.63, 3.8) is 0 Å². The van der Waals surface area contributed by atoms with Crippen LogP contribution in [0.15, 0.2) is 18.2 Å². The second-order valence-corrected chi connectivity index (χ2v) is 5.44. The number of carbonyl (C=O) groups is 2. The molecule has 22 heavy (non-hydrogen) atoms. The second kappa shape index (κ2) is 7.08. The van der Waals surface area contributed by atoms with Gasteiger partial charge in [0.1, 0.15) is 6.07 Å². The van der Waals surface area contributed by atoms with Crippen LogP contribution in [0.5, 0.6) is 0 Å². The summed E-state index contributed by atoms with van der Waals surface area (Å²) in [6.07, 6.45) is 1.66. The Bertz CT molecular complexity index is 619. The molecule has 1 atom stereocenters. The molecule has 2 rings (SSSR count). The minimum Gasteiger partial charge on any atom is -0.466 e. The highest BCUT2D eigenvalue weighted by molar-refractivity contribution is 5.95. The Morgan fingerprint density at radius 3 is 2.86 bits per heavy atom. The zero-order valence-corrected chi connectivity index (χ0v) is 13.0. The molecule has 1 aliphatic heterocycles. The summed E-state index contributed by atoms with van der Waals surface area (Å²) >= 11 is 0. The van der Waals surface area contributed by atoms with Crippen molar-refractivity contribution in [2.24, 2.45) is 5.92 Å². The number of nitrogens with zero attached hydrogens (tertiary/aromatic N) is 2. The van der Waals surface area contributed by atoms with Crippen molar-refractivity contribution in [1.29, 1.82) is 5.26 Å². The fourth-order valence-corrected chi connectivity index (χ4v) is 2.76. The molecule has 0 spiro atoms. The molecule has 0 bridgehead atoms. The normalized spacial score (nSPS) is 17.7. The van der Waals surface area contributed by atoms with Crippen LogP contribution in [0.1, 0.15) is 42.6 Å². The predicted octanol–water partition coefficient (Wildman–Crippen LogP) is 2.54. The molecule has 1 aromatic carbocycles. The van der Waals surface area contributed by atoms with E-state index in [2.05, 4.69) is 6.07 Å². The van der Waals surface area contributed by atoms with Gasteiger partial charge in [-0.25, -0.2) is 0 Å². The van der Waals surface area contributed by atoms with Crippen molar-refractivity contribution in [3.05, 3.63) is 29.3 Å². The number of ketones is 1. The molecular formula is C17H20N2O3. The van der Waals surface area contributed by atoms with Gasteiger partial charge in [-0.1, -0.05) is 0 Å². The number of anilines is 1. The largest absolute Gasteiger partial charge is 0.466 e. The van der Waals surface area contributed by atoms with E-state index in [9.17, 15) is 14.9 Å². The van der Waals surface area contributed by atoms with Gasteiger partial charge in [0.2, 0.25) is 0 Å². The van der Waals surface area contributed by atoms with Crippen LogP contribution in [0.25, 0.3) is 0 Å². The lowest BCUT2D eigenvalue weighted by atomic mass is 9.96. The average molecular weight is 300 g/mol. The summed E-state index contributed by atoms with van der Waals surface area (Å²) in [5, 5.41) is 9.28. The SMILES string of the molecule is CCOC(=O)[C@H]1CCCN(c2cc(C(C)=O)ccc2C#N)C1. The summed E-state index contributed by atoms with van der Waals surface area (Å²) in [7, 11) is 0. The molecule has 1 aromatic rings. The van der Waals surface area contributed by atoms with Crippen molar-refractivity contribution in [3.8, 4) is 6.07 Å². The van der Waals surface area contributed by atoms with Gasteiger partial charge in [0.05, 0.1) is 23.8 Å². The van der Waals surface area contributed by atoms with E-state index in [1.54, 1.807) is 25.1 Å². The molecule has 1 aliphatic rings. The van der Waals surface area contributed by atoms with Crippen molar-refractivity contribution in [2.75, 3.05) is 24.6 Å². The minimum absolute atomic E-state index is 0.0373. The van der Waals surface area contributed by atoms with Gasteiger partial charge in [-0.3, -0.25) is 9.59 Å². The number of rotatable bonds is 4. The zero-order valence-electron chi connectivity index (χ0n) is 13.0. The van der Waals surface area contributed by atoms with E-state index in [1.165, 1.54) is 6.92 Å². The van der Waals surface area contributed by atoms with Gasteiger partial charge in [-0.15, -0.1) is 0 Å². The Morgan fingerprint density at radius 1 is 1.45 bits per heavy atom. The van der Waals surface area contributed by atoms with Crippen LogP contribution >= 0.6 is 0 Å². The summed E-state index contributed by atoms with van der Waals surface area (Å²) < 4.78 is 5.10. The van der Waals surface area contributed by atoms with E-state index >= 15 is 0 Å². The van der Waals surface area contributed by atoms with Gasteiger partial charge in [0.25, 0.3) is 0 Å². The topological polar surface area (TPSA) is 70.4 Å². The quantitative estimate of drug-likeness (QED) is 0.631. The highest BCUT2D eigenvalue weighted by atomic mass is 16.5. The molecule has 0 saturated carbocycles. The fraction of sp³-hybridized carbons (Fsp3) is 0.471. The monoisotopic (exact) mass is 300 g/mol. The number of hydrogen-bond donors (Lipinski definition) is 0. The van der Waals surface area contributed by atoms with Crippen molar-refractivity contribution >= 4 is 17.4 Å². The van der Waals surface area contributed by atoms with Gasteiger partial charge in [0.15, 0.2) is 5.78 Å². The van der Waals surface area contributed by atoms with E-state index in [1.807, 2.05) is 4.90 Å². The van der Waals surface area contributed by atoms with E-state index in [0.29, 0.717) is 24.3 Å². The van der Waals surface area contributed by atoms with Crippen molar-refractivity contribution in [1.82, 2.24) is 0 Å². The molecule has 0 aromatic heterocycles. The molecule has 0 unspecified atom stereocenters. The van der Waals surface area contributed by atoms with Crippen LogP contribution in [0.2, 0.25) is 0 Å². The summed E-state index contributed by atoms with van der Waals surface area (Å²) in [4.78, 5) is 25.5. The summed E-state index contributed by atoms with van der Waals surface area (Å²) in [6, 6.07) is 7.23. The Labute approximate surface area is 130 Å². The lowest BCUT2D eigenvalue weighted by molar-refractivity contribution is -0.148. The van der Waals surface area contributed by atoms with E-state index < -0.39 is 0 Å². The van der Waals surface area contributed by atoms with Crippen LogP contribution in [0.4, 0.5) is 5.69 Å². The molecule has 1 saturated heterocycles. The van der Waals surface area contributed by atoms with Crippen LogP contribution in [0.3, 0.4) is 0 Å². The minimum atomic E-state index is -0.187. The summed E-state index contributed by atoms with van der Waals surface area (Å²) in [5.41, 5.74) is 1.82.